The smallest absolute Gasteiger partial charge is 0.261 e. The van der Waals surface area contributed by atoms with Gasteiger partial charge in [0.05, 0.1) is 30.4 Å². The van der Waals surface area contributed by atoms with Crippen molar-refractivity contribution in [2.75, 3.05) is 32.8 Å². The minimum absolute atomic E-state index is 0.0581. The normalized spacial score (nSPS) is 15.8. The summed E-state index contributed by atoms with van der Waals surface area (Å²) in [5.74, 6) is -0.201. The van der Waals surface area contributed by atoms with Crippen LogP contribution in [0.1, 0.15) is 17.2 Å². The lowest BCUT2D eigenvalue weighted by Crippen LogP contribution is -3.14. The van der Waals surface area contributed by atoms with E-state index in [0.29, 0.717) is 10.9 Å². The molecule has 4 rings (SSSR count). The second-order valence-electron chi connectivity index (χ2n) is 7.79. The average molecular weight is 407 g/mol. The van der Waals surface area contributed by atoms with E-state index in [2.05, 4.69) is 34.6 Å². The van der Waals surface area contributed by atoms with E-state index in [4.69, 9.17) is 4.74 Å². The van der Waals surface area contributed by atoms with Crippen LogP contribution in [0.15, 0.2) is 59.7 Å². The number of carbonyl (C=O) groups is 1. The number of carbonyl (C=O) groups excluding carboxylic acids is 1. The Labute approximate surface area is 175 Å². The van der Waals surface area contributed by atoms with Crippen molar-refractivity contribution in [1.29, 1.82) is 0 Å². The molecule has 1 fully saturated rings. The maximum Gasteiger partial charge on any atom is 0.261 e. The zero-order chi connectivity index (χ0) is 20.9. The van der Waals surface area contributed by atoms with E-state index in [0.717, 1.165) is 38.4 Å². The van der Waals surface area contributed by atoms with Gasteiger partial charge in [-0.25, -0.2) is 4.98 Å². The van der Waals surface area contributed by atoms with Crippen LogP contribution < -0.4 is 15.8 Å². The second kappa shape index (κ2) is 9.19. The number of amides is 1. The number of benzene rings is 2. The average Bonchev–Trinajstić information content (AvgIpc) is 2.77. The first-order valence-electron chi connectivity index (χ1n) is 10.3. The minimum Gasteiger partial charge on any atom is -0.370 e. The molecule has 0 radical (unpaired) electrons. The fourth-order valence-corrected chi connectivity index (χ4v) is 3.82. The van der Waals surface area contributed by atoms with Gasteiger partial charge in [0.1, 0.15) is 32.2 Å². The molecule has 7 heteroatoms. The van der Waals surface area contributed by atoms with Crippen LogP contribution in [0.25, 0.3) is 10.9 Å². The molecule has 0 aliphatic carbocycles. The lowest BCUT2D eigenvalue weighted by atomic mass is 10.0. The predicted octanol–water partition coefficient (Wildman–Crippen LogP) is 0.478. The molecule has 1 atom stereocenters. The fourth-order valence-electron chi connectivity index (χ4n) is 3.82. The number of ether oxygens (including phenoxy) is 1. The van der Waals surface area contributed by atoms with E-state index in [1.165, 1.54) is 21.4 Å². The molecule has 1 aromatic heterocycles. The van der Waals surface area contributed by atoms with Gasteiger partial charge in [0.25, 0.3) is 5.56 Å². The van der Waals surface area contributed by atoms with Crippen molar-refractivity contribution in [3.05, 3.63) is 76.3 Å². The summed E-state index contributed by atoms with van der Waals surface area (Å²) in [5.41, 5.74) is 2.67. The predicted molar refractivity (Wildman–Crippen MR) is 114 cm³/mol. The van der Waals surface area contributed by atoms with Gasteiger partial charge in [0, 0.05) is 0 Å². The molecule has 0 unspecified atom stereocenters. The number of hydrogen-bond acceptors (Lipinski definition) is 4. The van der Waals surface area contributed by atoms with Crippen molar-refractivity contribution in [3.8, 4) is 0 Å². The Morgan fingerprint density at radius 3 is 2.67 bits per heavy atom. The van der Waals surface area contributed by atoms with Crippen LogP contribution in [0.4, 0.5) is 0 Å². The summed E-state index contributed by atoms with van der Waals surface area (Å²) in [6.07, 6.45) is 1.44. The van der Waals surface area contributed by atoms with Crippen molar-refractivity contribution < 1.29 is 14.4 Å². The van der Waals surface area contributed by atoms with Crippen molar-refractivity contribution >= 4 is 16.8 Å². The molecule has 0 saturated carbocycles. The molecule has 1 aliphatic rings. The maximum atomic E-state index is 12.9. The third-order valence-corrected chi connectivity index (χ3v) is 5.55. The van der Waals surface area contributed by atoms with Crippen LogP contribution in [0, 0.1) is 6.92 Å². The first-order valence-corrected chi connectivity index (χ1v) is 10.3. The highest BCUT2D eigenvalue weighted by Gasteiger charge is 2.23. The number of nitrogens with one attached hydrogen (secondary N) is 2. The molecule has 30 heavy (non-hydrogen) atoms. The van der Waals surface area contributed by atoms with Gasteiger partial charge in [-0.05, 0) is 24.6 Å². The van der Waals surface area contributed by atoms with E-state index in [1.54, 1.807) is 18.2 Å². The quantitative estimate of drug-likeness (QED) is 0.623. The van der Waals surface area contributed by atoms with Crippen LogP contribution in [-0.4, -0.2) is 48.3 Å². The summed E-state index contributed by atoms with van der Waals surface area (Å²) in [5, 5.41) is 3.65. The molecule has 156 valence electrons. The van der Waals surface area contributed by atoms with Crippen LogP contribution in [-0.2, 0) is 16.1 Å². The van der Waals surface area contributed by atoms with Gasteiger partial charge in [-0.2, -0.15) is 0 Å². The SMILES string of the molecule is Cc1ccc([C@@H](C[NH+]2CCOCC2)NC(=O)Cn2cnc3ccccc3c2=O)cc1. The number of aryl methyl sites for hydroxylation is 1. The lowest BCUT2D eigenvalue weighted by Gasteiger charge is -2.28. The highest BCUT2D eigenvalue weighted by atomic mass is 16.5. The van der Waals surface area contributed by atoms with Gasteiger partial charge in [0.2, 0.25) is 5.91 Å². The topological polar surface area (TPSA) is 77.7 Å². The van der Waals surface area contributed by atoms with E-state index in [-0.39, 0.29) is 24.1 Å². The Balaban J connectivity index is 1.51. The van der Waals surface area contributed by atoms with Crippen molar-refractivity contribution in [3.63, 3.8) is 0 Å². The fraction of sp³-hybridized carbons (Fsp3) is 0.348. The number of morpholine rings is 1. The van der Waals surface area contributed by atoms with Crippen molar-refractivity contribution in [2.24, 2.45) is 0 Å². The Hall–Kier alpha value is -3.03. The number of rotatable bonds is 6. The zero-order valence-corrected chi connectivity index (χ0v) is 17.1. The number of hydrogen-bond donors (Lipinski definition) is 2. The molecule has 2 N–H and O–H groups in total. The molecule has 3 aromatic rings. The summed E-state index contributed by atoms with van der Waals surface area (Å²) in [4.78, 5) is 31.3. The molecule has 0 bridgehead atoms. The van der Waals surface area contributed by atoms with Crippen LogP contribution in [0.5, 0.6) is 0 Å². The Morgan fingerprint density at radius 1 is 1.17 bits per heavy atom. The Morgan fingerprint density at radius 2 is 1.90 bits per heavy atom. The standard InChI is InChI=1S/C23H26N4O3/c1-17-6-8-18(9-7-17)21(14-26-10-12-30-13-11-26)25-22(28)15-27-16-24-20-5-3-2-4-19(20)23(27)29/h2-9,16,21H,10-15H2,1H3,(H,25,28)/p+1/t21-/m1/s1. The lowest BCUT2D eigenvalue weighted by molar-refractivity contribution is -0.909. The highest BCUT2D eigenvalue weighted by molar-refractivity contribution is 5.79. The molecule has 2 heterocycles. The number of fused-ring (bicyclic) bond motifs is 1. The molecule has 7 nitrogen and oxygen atoms in total. The number of quaternary nitrogens is 1. The third-order valence-electron chi connectivity index (χ3n) is 5.55. The summed E-state index contributed by atoms with van der Waals surface area (Å²) in [7, 11) is 0. The maximum absolute atomic E-state index is 12.9. The largest absolute Gasteiger partial charge is 0.370 e. The van der Waals surface area contributed by atoms with Crippen molar-refractivity contribution in [2.45, 2.75) is 19.5 Å². The first kappa shape index (κ1) is 20.3. The summed E-state index contributed by atoms with van der Waals surface area (Å²) < 4.78 is 6.82. The molecule has 1 saturated heterocycles. The first-order chi connectivity index (χ1) is 14.6. The molecule has 0 spiro atoms. The molecule has 2 aromatic carbocycles. The van der Waals surface area contributed by atoms with Crippen LogP contribution in [0.2, 0.25) is 0 Å². The van der Waals surface area contributed by atoms with Crippen LogP contribution >= 0.6 is 0 Å². The summed E-state index contributed by atoms with van der Waals surface area (Å²) >= 11 is 0. The molecular formula is C23H27N4O3+. The van der Waals surface area contributed by atoms with E-state index < -0.39 is 0 Å². The van der Waals surface area contributed by atoms with Crippen LogP contribution in [0.3, 0.4) is 0 Å². The van der Waals surface area contributed by atoms with Gasteiger partial charge in [0.15, 0.2) is 0 Å². The summed E-state index contributed by atoms with van der Waals surface area (Å²) in [6.45, 7) is 6.09. The molecular weight excluding hydrogens is 380 g/mol. The van der Waals surface area contributed by atoms with Gasteiger partial charge >= 0.3 is 0 Å². The van der Waals surface area contributed by atoms with Gasteiger partial charge in [-0.3, -0.25) is 14.2 Å². The number of para-hydroxylation sites is 1. The summed E-state index contributed by atoms with van der Waals surface area (Å²) in [6, 6.07) is 15.3. The Kier molecular flexibility index (Phi) is 6.21. The van der Waals surface area contributed by atoms with E-state index in [1.807, 2.05) is 13.0 Å². The van der Waals surface area contributed by atoms with Crippen molar-refractivity contribution in [1.82, 2.24) is 14.9 Å². The second-order valence-corrected chi connectivity index (χ2v) is 7.79. The highest BCUT2D eigenvalue weighted by Crippen LogP contribution is 2.13. The Bertz CT molecular complexity index is 1070. The third kappa shape index (κ3) is 4.75. The minimum atomic E-state index is -0.207. The van der Waals surface area contributed by atoms with Gasteiger partial charge < -0.3 is 15.0 Å². The molecule has 1 amide bonds. The van der Waals surface area contributed by atoms with E-state index in [9.17, 15) is 9.59 Å². The molecule has 1 aliphatic heterocycles. The number of nitrogens with zero attached hydrogens (tertiary/aromatic N) is 2. The number of aromatic nitrogens is 2. The monoisotopic (exact) mass is 407 g/mol. The van der Waals surface area contributed by atoms with Gasteiger partial charge in [-0.15, -0.1) is 0 Å². The van der Waals surface area contributed by atoms with Gasteiger partial charge in [-0.1, -0.05) is 42.0 Å². The zero-order valence-electron chi connectivity index (χ0n) is 17.1. The van der Waals surface area contributed by atoms with E-state index >= 15 is 0 Å².